The Morgan fingerprint density at radius 2 is 1.75 bits per heavy atom. The molecule has 5 nitrogen and oxygen atoms in total. The Labute approximate surface area is 142 Å². The van der Waals surface area contributed by atoms with Crippen LogP contribution in [0.4, 0.5) is 10.5 Å². The van der Waals surface area contributed by atoms with Crippen molar-refractivity contribution in [3.05, 3.63) is 29.8 Å². The number of cyclic esters (lactones) is 1. The molecular weight excluding hydrogens is 304 g/mol. The van der Waals surface area contributed by atoms with Crippen molar-refractivity contribution in [3.63, 3.8) is 0 Å². The van der Waals surface area contributed by atoms with E-state index < -0.39 is 0 Å². The van der Waals surface area contributed by atoms with Crippen LogP contribution in [0.25, 0.3) is 0 Å². The van der Waals surface area contributed by atoms with Crippen LogP contribution in [0, 0.1) is 5.92 Å². The SMILES string of the molecule is O=C1OCCN1c1ccc(C(=O)N2CCCC3CCCCC32)cc1. The van der Waals surface area contributed by atoms with Crippen LogP contribution in [0.15, 0.2) is 24.3 Å². The van der Waals surface area contributed by atoms with E-state index in [2.05, 4.69) is 4.90 Å². The minimum Gasteiger partial charge on any atom is -0.447 e. The zero-order valence-electron chi connectivity index (χ0n) is 13.9. The highest BCUT2D eigenvalue weighted by atomic mass is 16.6. The van der Waals surface area contributed by atoms with Crippen LogP contribution in [0.2, 0.25) is 0 Å². The molecule has 3 aliphatic rings. The van der Waals surface area contributed by atoms with Gasteiger partial charge in [0.15, 0.2) is 0 Å². The Morgan fingerprint density at radius 3 is 2.50 bits per heavy atom. The molecule has 2 heterocycles. The Kier molecular flexibility index (Phi) is 4.17. The average Bonchev–Trinajstić information content (AvgIpc) is 3.07. The predicted molar refractivity (Wildman–Crippen MR) is 91.2 cm³/mol. The van der Waals surface area contributed by atoms with Gasteiger partial charge in [0, 0.05) is 23.8 Å². The van der Waals surface area contributed by atoms with Crippen LogP contribution in [-0.4, -0.2) is 42.6 Å². The third kappa shape index (κ3) is 2.76. The van der Waals surface area contributed by atoms with E-state index in [1.165, 1.54) is 25.7 Å². The second-order valence-corrected chi connectivity index (χ2v) is 7.07. The van der Waals surface area contributed by atoms with Crippen molar-refractivity contribution < 1.29 is 14.3 Å². The zero-order valence-corrected chi connectivity index (χ0v) is 13.9. The third-order valence-corrected chi connectivity index (χ3v) is 5.69. The normalized spacial score (nSPS) is 26.9. The molecule has 5 heteroatoms. The van der Waals surface area contributed by atoms with Crippen molar-refractivity contribution in [1.82, 2.24) is 4.90 Å². The van der Waals surface area contributed by atoms with Gasteiger partial charge in [-0.1, -0.05) is 12.8 Å². The van der Waals surface area contributed by atoms with Gasteiger partial charge < -0.3 is 9.64 Å². The fourth-order valence-corrected chi connectivity index (χ4v) is 4.45. The van der Waals surface area contributed by atoms with E-state index in [-0.39, 0.29) is 12.0 Å². The predicted octanol–water partition coefficient (Wildman–Crippen LogP) is 3.44. The largest absolute Gasteiger partial charge is 0.447 e. The molecule has 1 saturated carbocycles. The maximum atomic E-state index is 13.0. The highest BCUT2D eigenvalue weighted by Crippen LogP contribution is 2.36. The van der Waals surface area contributed by atoms with E-state index in [1.54, 1.807) is 4.90 Å². The van der Waals surface area contributed by atoms with Crippen molar-refractivity contribution in [2.24, 2.45) is 5.92 Å². The molecule has 0 bridgehead atoms. The summed E-state index contributed by atoms with van der Waals surface area (Å²) in [6.07, 6.45) is 7.04. The second-order valence-electron chi connectivity index (χ2n) is 7.07. The fraction of sp³-hybridized carbons (Fsp3) is 0.579. The van der Waals surface area contributed by atoms with Crippen LogP contribution in [-0.2, 0) is 4.74 Å². The van der Waals surface area contributed by atoms with Gasteiger partial charge in [0.2, 0.25) is 0 Å². The number of fused-ring (bicyclic) bond motifs is 1. The van der Waals surface area contributed by atoms with E-state index in [0.717, 1.165) is 30.6 Å². The van der Waals surface area contributed by atoms with Gasteiger partial charge in [0.25, 0.3) is 5.91 Å². The fourth-order valence-electron chi connectivity index (χ4n) is 4.45. The van der Waals surface area contributed by atoms with Gasteiger partial charge in [-0.25, -0.2) is 4.79 Å². The molecule has 0 spiro atoms. The molecular formula is C19H24N2O3. The molecule has 1 aromatic carbocycles. The lowest BCUT2D eigenvalue weighted by Crippen LogP contribution is -2.49. The Bertz CT molecular complexity index is 626. The van der Waals surface area contributed by atoms with Crippen LogP contribution in [0.1, 0.15) is 48.9 Å². The minimum atomic E-state index is -0.310. The van der Waals surface area contributed by atoms with Crippen LogP contribution < -0.4 is 4.90 Å². The van der Waals surface area contributed by atoms with Crippen molar-refractivity contribution in [1.29, 1.82) is 0 Å². The average molecular weight is 328 g/mol. The quantitative estimate of drug-likeness (QED) is 0.835. The number of nitrogens with zero attached hydrogens (tertiary/aromatic N) is 2. The lowest BCUT2D eigenvalue weighted by Gasteiger charge is -2.44. The van der Waals surface area contributed by atoms with E-state index in [0.29, 0.717) is 25.1 Å². The standard InChI is InChI=1S/C19H24N2O3/c22-18(21-11-3-5-14-4-1-2-6-17(14)21)15-7-9-16(10-8-15)20-12-13-24-19(20)23/h7-10,14,17H,1-6,11-13H2. The summed E-state index contributed by atoms with van der Waals surface area (Å²) in [4.78, 5) is 28.3. The van der Waals surface area contributed by atoms with Gasteiger partial charge in [-0.15, -0.1) is 0 Å². The molecule has 2 atom stereocenters. The number of hydrogen-bond acceptors (Lipinski definition) is 3. The Hall–Kier alpha value is -2.04. The summed E-state index contributed by atoms with van der Waals surface area (Å²) in [6, 6.07) is 7.81. The maximum Gasteiger partial charge on any atom is 0.414 e. The first-order chi connectivity index (χ1) is 11.7. The summed E-state index contributed by atoms with van der Waals surface area (Å²) in [6.45, 7) is 1.87. The number of hydrogen-bond donors (Lipinski definition) is 0. The molecule has 3 fully saturated rings. The van der Waals surface area contributed by atoms with Crippen LogP contribution in [0.3, 0.4) is 0 Å². The van der Waals surface area contributed by atoms with Crippen molar-refractivity contribution >= 4 is 17.7 Å². The summed E-state index contributed by atoms with van der Waals surface area (Å²) in [5.41, 5.74) is 1.51. The summed E-state index contributed by atoms with van der Waals surface area (Å²) in [7, 11) is 0. The number of benzene rings is 1. The lowest BCUT2D eigenvalue weighted by molar-refractivity contribution is 0.0390. The van der Waals surface area contributed by atoms with E-state index in [9.17, 15) is 9.59 Å². The van der Waals surface area contributed by atoms with Gasteiger partial charge in [-0.3, -0.25) is 9.69 Å². The van der Waals surface area contributed by atoms with E-state index >= 15 is 0 Å². The summed E-state index contributed by atoms with van der Waals surface area (Å²) >= 11 is 0. The van der Waals surface area contributed by atoms with Crippen molar-refractivity contribution in [2.75, 3.05) is 24.6 Å². The summed E-state index contributed by atoms with van der Waals surface area (Å²) < 4.78 is 4.96. The third-order valence-electron chi connectivity index (χ3n) is 5.69. The number of likely N-dealkylation sites (tertiary alicyclic amines) is 1. The Balaban J connectivity index is 1.50. The van der Waals surface area contributed by atoms with Gasteiger partial charge in [-0.2, -0.15) is 0 Å². The van der Waals surface area contributed by atoms with E-state index in [4.69, 9.17) is 4.74 Å². The molecule has 128 valence electrons. The number of ether oxygens (including phenoxy) is 1. The van der Waals surface area contributed by atoms with Gasteiger partial charge in [0.1, 0.15) is 6.61 Å². The first-order valence-corrected chi connectivity index (χ1v) is 9.09. The monoisotopic (exact) mass is 328 g/mol. The smallest absolute Gasteiger partial charge is 0.414 e. The lowest BCUT2D eigenvalue weighted by atomic mass is 9.78. The van der Waals surface area contributed by atoms with Crippen LogP contribution in [0.5, 0.6) is 0 Å². The highest BCUT2D eigenvalue weighted by molar-refractivity contribution is 5.96. The first-order valence-electron chi connectivity index (χ1n) is 9.09. The van der Waals surface area contributed by atoms with Gasteiger partial charge in [-0.05, 0) is 55.9 Å². The number of amides is 2. The number of rotatable bonds is 2. The molecule has 0 aromatic heterocycles. The molecule has 0 radical (unpaired) electrons. The first kappa shape index (κ1) is 15.5. The molecule has 1 aliphatic carbocycles. The second kappa shape index (κ2) is 6.46. The maximum absolute atomic E-state index is 13.0. The Morgan fingerprint density at radius 1 is 1.00 bits per heavy atom. The summed E-state index contributed by atoms with van der Waals surface area (Å²) in [5.74, 6) is 0.831. The van der Waals surface area contributed by atoms with Crippen molar-refractivity contribution in [2.45, 2.75) is 44.6 Å². The topological polar surface area (TPSA) is 49.9 Å². The van der Waals surface area contributed by atoms with Gasteiger partial charge >= 0.3 is 6.09 Å². The number of piperidine rings is 1. The molecule has 1 aromatic rings. The number of carbonyl (C=O) groups excluding carboxylic acids is 2. The highest BCUT2D eigenvalue weighted by Gasteiger charge is 2.36. The molecule has 4 rings (SSSR count). The molecule has 2 unspecified atom stereocenters. The molecule has 0 N–H and O–H groups in total. The molecule has 2 amide bonds. The minimum absolute atomic E-state index is 0.141. The molecule has 2 aliphatic heterocycles. The van der Waals surface area contributed by atoms with Crippen LogP contribution >= 0.6 is 0 Å². The van der Waals surface area contributed by atoms with E-state index in [1.807, 2.05) is 24.3 Å². The molecule has 2 saturated heterocycles. The summed E-state index contributed by atoms with van der Waals surface area (Å²) in [5, 5.41) is 0. The number of anilines is 1. The van der Waals surface area contributed by atoms with Crippen molar-refractivity contribution in [3.8, 4) is 0 Å². The zero-order chi connectivity index (χ0) is 16.5. The molecule has 24 heavy (non-hydrogen) atoms. The number of carbonyl (C=O) groups is 2. The van der Waals surface area contributed by atoms with Gasteiger partial charge in [0.05, 0.1) is 6.54 Å².